The highest BCUT2D eigenvalue weighted by atomic mass is 16.5. The zero-order valence-electron chi connectivity index (χ0n) is 18.0. The van der Waals surface area contributed by atoms with Crippen LogP contribution >= 0.6 is 0 Å². The van der Waals surface area contributed by atoms with Crippen LogP contribution in [0.3, 0.4) is 0 Å². The molecule has 0 aromatic carbocycles. The van der Waals surface area contributed by atoms with Crippen LogP contribution in [0.1, 0.15) is 52.9 Å². The van der Waals surface area contributed by atoms with Crippen molar-refractivity contribution in [3.8, 4) is 0 Å². The van der Waals surface area contributed by atoms with E-state index >= 15 is 0 Å². The Labute approximate surface area is 176 Å². The zero-order chi connectivity index (χ0) is 22.5. The SMILES string of the molecule is COC(=O)[C@H](CC(C)C)NC(=O)COC(=O)CN1C(=O)N[C@@]2(CCCC[C@H]2C)C1=O. The summed E-state index contributed by atoms with van der Waals surface area (Å²) in [5.41, 5.74) is -0.961. The molecule has 1 saturated carbocycles. The average Bonchev–Trinajstić information content (AvgIpc) is 2.92. The van der Waals surface area contributed by atoms with Crippen LogP contribution in [0.2, 0.25) is 0 Å². The molecular weight excluding hydrogens is 394 g/mol. The van der Waals surface area contributed by atoms with Gasteiger partial charge in [0.05, 0.1) is 7.11 Å². The van der Waals surface area contributed by atoms with Crippen molar-refractivity contribution >= 4 is 29.8 Å². The van der Waals surface area contributed by atoms with Crippen LogP contribution in [0, 0.1) is 11.8 Å². The van der Waals surface area contributed by atoms with Crippen molar-refractivity contribution in [1.82, 2.24) is 15.5 Å². The van der Waals surface area contributed by atoms with E-state index in [1.165, 1.54) is 7.11 Å². The molecule has 30 heavy (non-hydrogen) atoms. The number of amides is 4. The Morgan fingerprint density at radius 3 is 2.57 bits per heavy atom. The van der Waals surface area contributed by atoms with Gasteiger partial charge < -0.3 is 20.1 Å². The van der Waals surface area contributed by atoms with Gasteiger partial charge in [-0.1, -0.05) is 33.6 Å². The first-order valence-corrected chi connectivity index (χ1v) is 10.3. The largest absolute Gasteiger partial charge is 0.467 e. The molecule has 2 aliphatic rings. The maximum atomic E-state index is 12.8. The van der Waals surface area contributed by atoms with Gasteiger partial charge >= 0.3 is 18.0 Å². The van der Waals surface area contributed by atoms with E-state index < -0.39 is 54.5 Å². The molecule has 1 aliphatic carbocycles. The lowest BCUT2D eigenvalue weighted by Crippen LogP contribution is -2.54. The number of methoxy groups -OCH3 is 1. The standard InChI is InChI=1S/C20H31N3O7/c1-12(2)9-14(17(26)29-4)21-15(24)11-30-16(25)10-23-18(27)20(22-19(23)28)8-6-5-7-13(20)3/h12-14H,5-11H2,1-4H3,(H,21,24)(H,22,28)/t13-,14+,20-/m1/s1. The van der Waals surface area contributed by atoms with Crippen molar-refractivity contribution < 1.29 is 33.4 Å². The zero-order valence-corrected chi connectivity index (χ0v) is 18.0. The first-order chi connectivity index (χ1) is 14.1. The minimum Gasteiger partial charge on any atom is -0.467 e. The van der Waals surface area contributed by atoms with Crippen LogP contribution in [0.5, 0.6) is 0 Å². The van der Waals surface area contributed by atoms with Gasteiger partial charge in [0.25, 0.3) is 11.8 Å². The molecule has 0 aromatic heterocycles. The molecule has 4 amide bonds. The summed E-state index contributed by atoms with van der Waals surface area (Å²) in [5.74, 6) is -2.46. The lowest BCUT2D eigenvalue weighted by molar-refractivity contribution is -0.152. The molecule has 0 aromatic rings. The normalized spacial score (nSPS) is 24.6. The second-order valence-electron chi connectivity index (χ2n) is 8.37. The molecule has 1 saturated heterocycles. The molecule has 2 fully saturated rings. The first-order valence-electron chi connectivity index (χ1n) is 10.3. The third kappa shape index (κ3) is 5.28. The number of ether oxygens (including phenoxy) is 2. The summed E-state index contributed by atoms with van der Waals surface area (Å²) in [7, 11) is 1.22. The number of hydrogen-bond acceptors (Lipinski definition) is 7. The van der Waals surface area contributed by atoms with Crippen molar-refractivity contribution in [2.24, 2.45) is 11.8 Å². The number of carbonyl (C=O) groups excluding carboxylic acids is 5. The van der Waals surface area contributed by atoms with Gasteiger partial charge in [-0.05, 0) is 31.1 Å². The fraction of sp³-hybridized carbons (Fsp3) is 0.750. The van der Waals surface area contributed by atoms with Crippen LogP contribution in [-0.4, -0.2) is 66.5 Å². The highest BCUT2D eigenvalue weighted by molar-refractivity contribution is 6.09. The molecule has 1 spiro atoms. The van der Waals surface area contributed by atoms with E-state index in [-0.39, 0.29) is 11.8 Å². The number of nitrogens with one attached hydrogen (secondary N) is 2. The molecular formula is C20H31N3O7. The van der Waals surface area contributed by atoms with Gasteiger partial charge in [-0.15, -0.1) is 0 Å². The van der Waals surface area contributed by atoms with Gasteiger partial charge in [-0.2, -0.15) is 0 Å². The first kappa shape index (κ1) is 23.6. The summed E-state index contributed by atoms with van der Waals surface area (Å²) < 4.78 is 9.57. The van der Waals surface area contributed by atoms with E-state index in [1.807, 2.05) is 20.8 Å². The highest BCUT2D eigenvalue weighted by Crippen LogP contribution is 2.38. The van der Waals surface area contributed by atoms with Crippen molar-refractivity contribution in [1.29, 1.82) is 0 Å². The molecule has 10 heteroatoms. The Balaban J connectivity index is 1.88. The van der Waals surface area contributed by atoms with Crippen molar-refractivity contribution in [3.63, 3.8) is 0 Å². The monoisotopic (exact) mass is 425 g/mol. The Bertz CT molecular complexity index is 709. The predicted octanol–water partition coefficient (Wildman–Crippen LogP) is 0.734. The predicted molar refractivity (Wildman–Crippen MR) is 105 cm³/mol. The van der Waals surface area contributed by atoms with Crippen LogP contribution in [0.15, 0.2) is 0 Å². The van der Waals surface area contributed by atoms with Crippen molar-refractivity contribution in [3.05, 3.63) is 0 Å². The third-order valence-electron chi connectivity index (χ3n) is 5.68. The minimum absolute atomic E-state index is 0.0225. The number of hydrogen-bond donors (Lipinski definition) is 2. The van der Waals surface area contributed by atoms with Gasteiger partial charge in [-0.3, -0.25) is 19.3 Å². The molecule has 10 nitrogen and oxygen atoms in total. The van der Waals surface area contributed by atoms with Gasteiger partial charge in [0.15, 0.2) is 6.61 Å². The van der Waals surface area contributed by atoms with Gasteiger partial charge in [0.2, 0.25) is 0 Å². The molecule has 3 atom stereocenters. The number of urea groups is 1. The molecule has 2 rings (SSSR count). The summed E-state index contributed by atoms with van der Waals surface area (Å²) in [6, 6.07) is -1.47. The number of esters is 2. The second kappa shape index (κ2) is 9.90. The maximum Gasteiger partial charge on any atom is 0.328 e. The summed E-state index contributed by atoms with van der Waals surface area (Å²) in [6.45, 7) is 4.49. The van der Waals surface area contributed by atoms with E-state index in [1.54, 1.807) is 0 Å². The number of nitrogens with zero attached hydrogens (tertiary/aromatic N) is 1. The molecule has 2 N–H and O–H groups in total. The fourth-order valence-corrected chi connectivity index (χ4v) is 4.02. The molecule has 168 valence electrons. The molecule has 1 heterocycles. The lowest BCUT2D eigenvalue weighted by atomic mass is 9.73. The smallest absolute Gasteiger partial charge is 0.328 e. The Morgan fingerprint density at radius 1 is 1.27 bits per heavy atom. The number of imide groups is 1. The molecule has 0 unspecified atom stereocenters. The van der Waals surface area contributed by atoms with Gasteiger partial charge in [0.1, 0.15) is 18.1 Å². The van der Waals surface area contributed by atoms with Crippen molar-refractivity contribution in [2.75, 3.05) is 20.3 Å². The second-order valence-corrected chi connectivity index (χ2v) is 8.37. The van der Waals surface area contributed by atoms with Crippen LogP contribution in [0.4, 0.5) is 4.79 Å². The minimum atomic E-state index is -0.961. The summed E-state index contributed by atoms with van der Waals surface area (Å²) in [5, 5.41) is 5.22. The van der Waals surface area contributed by atoms with E-state index in [0.717, 1.165) is 24.2 Å². The van der Waals surface area contributed by atoms with Crippen molar-refractivity contribution in [2.45, 2.75) is 64.5 Å². The maximum absolute atomic E-state index is 12.8. The van der Waals surface area contributed by atoms with Gasteiger partial charge in [0, 0.05) is 0 Å². The van der Waals surface area contributed by atoms with E-state index in [2.05, 4.69) is 15.4 Å². The van der Waals surface area contributed by atoms with Gasteiger partial charge in [-0.25, -0.2) is 9.59 Å². The Kier molecular flexibility index (Phi) is 7.80. The lowest BCUT2D eigenvalue weighted by Gasteiger charge is -2.36. The summed E-state index contributed by atoms with van der Waals surface area (Å²) in [4.78, 5) is 61.9. The summed E-state index contributed by atoms with van der Waals surface area (Å²) >= 11 is 0. The highest BCUT2D eigenvalue weighted by Gasteiger charge is 2.55. The molecule has 0 radical (unpaired) electrons. The van der Waals surface area contributed by atoms with Crippen LogP contribution < -0.4 is 10.6 Å². The van der Waals surface area contributed by atoms with Crippen LogP contribution in [-0.2, 0) is 28.7 Å². The quantitative estimate of drug-likeness (QED) is 0.433. The number of carbonyl (C=O) groups is 5. The average molecular weight is 425 g/mol. The van der Waals surface area contributed by atoms with Crippen LogP contribution in [0.25, 0.3) is 0 Å². The molecule has 0 bridgehead atoms. The fourth-order valence-electron chi connectivity index (χ4n) is 4.02. The Morgan fingerprint density at radius 2 is 1.97 bits per heavy atom. The van der Waals surface area contributed by atoms with E-state index in [0.29, 0.717) is 12.8 Å². The topological polar surface area (TPSA) is 131 Å². The van der Waals surface area contributed by atoms with E-state index in [4.69, 9.17) is 4.74 Å². The number of rotatable bonds is 8. The summed E-state index contributed by atoms with van der Waals surface area (Å²) in [6.07, 6.45) is 3.55. The third-order valence-corrected chi connectivity index (χ3v) is 5.68. The van der Waals surface area contributed by atoms with E-state index in [9.17, 15) is 24.0 Å². The molecule has 1 aliphatic heterocycles. The Hall–Kier alpha value is -2.65.